The molecule has 0 aromatic heterocycles. The molecule has 0 aliphatic carbocycles. The van der Waals surface area contributed by atoms with Gasteiger partial charge in [-0.05, 0) is 17.7 Å². The van der Waals surface area contributed by atoms with Gasteiger partial charge in [-0.3, -0.25) is 20.2 Å². The summed E-state index contributed by atoms with van der Waals surface area (Å²) in [5.41, 5.74) is 0.566. The molecule has 98 valence electrons. The largest absolute Gasteiger partial charge is 0.497 e. The Bertz CT molecular complexity index is 432. The highest BCUT2D eigenvalue weighted by Gasteiger charge is 2.32. The van der Waals surface area contributed by atoms with Gasteiger partial charge in [0.1, 0.15) is 11.7 Å². The van der Waals surface area contributed by atoms with Crippen LogP contribution in [0.1, 0.15) is 18.4 Å². The molecule has 0 bridgehead atoms. The van der Waals surface area contributed by atoms with Gasteiger partial charge < -0.3 is 4.74 Å². The summed E-state index contributed by atoms with van der Waals surface area (Å²) in [6.45, 7) is 0.910. The van der Waals surface area contributed by atoms with Crippen molar-refractivity contribution in [3.8, 4) is 5.75 Å². The maximum atomic E-state index is 10.8. The third-order valence-electron chi connectivity index (χ3n) is 2.80. The predicted octanol–water partition coefficient (Wildman–Crippen LogP) is 1.72. The zero-order chi connectivity index (χ0) is 13.7. The summed E-state index contributed by atoms with van der Waals surface area (Å²) in [6.07, 6.45) is 0. The summed E-state index contributed by atoms with van der Waals surface area (Å²) in [5, 5.41) is 21.4. The molecule has 1 rings (SSSR count). The van der Waals surface area contributed by atoms with Gasteiger partial charge in [-0.1, -0.05) is 12.1 Å². The van der Waals surface area contributed by atoms with Crippen molar-refractivity contribution in [1.29, 1.82) is 0 Å². The van der Waals surface area contributed by atoms with Gasteiger partial charge >= 0.3 is 0 Å². The molecule has 0 aliphatic rings. The lowest BCUT2D eigenvalue weighted by atomic mass is 9.93. The van der Waals surface area contributed by atoms with E-state index in [1.807, 2.05) is 0 Å². The van der Waals surface area contributed by atoms with E-state index < -0.39 is 28.4 Å². The zero-order valence-electron chi connectivity index (χ0n) is 10.1. The molecular formula is C11H14N2O5. The molecule has 0 saturated carbocycles. The molecular weight excluding hydrogens is 240 g/mol. The quantitative estimate of drug-likeness (QED) is 0.568. The van der Waals surface area contributed by atoms with E-state index in [2.05, 4.69) is 0 Å². The minimum atomic E-state index is -1.01. The number of rotatable bonds is 6. The number of benzene rings is 1. The van der Waals surface area contributed by atoms with Crippen LogP contribution < -0.4 is 4.74 Å². The first kappa shape index (κ1) is 13.9. The molecule has 0 heterocycles. The van der Waals surface area contributed by atoms with Crippen molar-refractivity contribution in [2.45, 2.75) is 18.9 Å². The molecule has 0 amide bonds. The van der Waals surface area contributed by atoms with Crippen molar-refractivity contribution >= 4 is 0 Å². The minimum absolute atomic E-state index is 0.464. The third kappa shape index (κ3) is 3.41. The molecule has 7 nitrogen and oxygen atoms in total. The van der Waals surface area contributed by atoms with E-state index in [4.69, 9.17) is 4.74 Å². The van der Waals surface area contributed by atoms with E-state index in [0.717, 1.165) is 0 Å². The number of nitrogens with zero attached hydrogens (tertiary/aromatic N) is 2. The fourth-order valence-corrected chi connectivity index (χ4v) is 1.70. The monoisotopic (exact) mass is 254 g/mol. The molecule has 7 heteroatoms. The van der Waals surface area contributed by atoms with Crippen LogP contribution in [0.5, 0.6) is 5.75 Å². The molecule has 0 fully saturated rings. The molecule has 0 spiro atoms. The van der Waals surface area contributed by atoms with Gasteiger partial charge in [0, 0.05) is 16.8 Å². The van der Waals surface area contributed by atoms with E-state index >= 15 is 0 Å². The van der Waals surface area contributed by atoms with Crippen molar-refractivity contribution in [1.82, 2.24) is 0 Å². The van der Waals surface area contributed by atoms with Crippen LogP contribution in [0.4, 0.5) is 0 Å². The molecule has 0 N–H and O–H groups in total. The topological polar surface area (TPSA) is 95.5 Å². The van der Waals surface area contributed by atoms with Gasteiger partial charge in [0.15, 0.2) is 0 Å². The van der Waals surface area contributed by atoms with Crippen molar-refractivity contribution < 1.29 is 14.6 Å². The number of hydrogen-bond donors (Lipinski definition) is 0. The Morgan fingerprint density at radius 2 is 1.78 bits per heavy atom. The normalized spacial score (nSPS) is 13.7. The first-order chi connectivity index (χ1) is 8.45. The smallest absolute Gasteiger partial charge is 0.223 e. The summed E-state index contributed by atoms with van der Waals surface area (Å²) < 4.78 is 4.97. The molecule has 1 aromatic rings. The first-order valence-electron chi connectivity index (χ1n) is 5.35. The average Bonchev–Trinajstić information content (AvgIpc) is 2.35. The highest BCUT2D eigenvalue weighted by atomic mass is 16.6. The fourth-order valence-electron chi connectivity index (χ4n) is 1.70. The molecule has 0 unspecified atom stereocenters. The van der Waals surface area contributed by atoms with Gasteiger partial charge in [0.05, 0.1) is 7.11 Å². The van der Waals surface area contributed by atoms with Crippen molar-refractivity contribution in [2.24, 2.45) is 0 Å². The van der Waals surface area contributed by atoms with Gasteiger partial charge in [0.25, 0.3) is 0 Å². The standard InChI is InChI=1S/C11H14N2O5/c1-8(13(16)17)11(7-12(14)15)9-3-5-10(18-2)6-4-9/h3-6,8,11H,7H2,1-2H3/t8-,11-/m0/s1. The minimum Gasteiger partial charge on any atom is -0.497 e. The van der Waals surface area contributed by atoms with Crippen LogP contribution in [0, 0.1) is 20.2 Å². The summed E-state index contributed by atoms with van der Waals surface area (Å²) >= 11 is 0. The number of hydrogen-bond acceptors (Lipinski definition) is 5. The molecule has 18 heavy (non-hydrogen) atoms. The lowest BCUT2D eigenvalue weighted by Gasteiger charge is -2.15. The van der Waals surface area contributed by atoms with E-state index in [1.165, 1.54) is 14.0 Å². The highest BCUT2D eigenvalue weighted by Crippen LogP contribution is 2.24. The Labute approximate surface area is 104 Å². The lowest BCUT2D eigenvalue weighted by Crippen LogP contribution is -2.29. The number of nitro groups is 2. The Balaban J connectivity index is 3.00. The van der Waals surface area contributed by atoms with Crippen LogP contribution in [0.25, 0.3) is 0 Å². The van der Waals surface area contributed by atoms with Crippen molar-refractivity contribution in [2.75, 3.05) is 13.7 Å². The summed E-state index contributed by atoms with van der Waals surface area (Å²) in [6, 6.07) is 5.49. The summed E-state index contributed by atoms with van der Waals surface area (Å²) in [4.78, 5) is 20.3. The summed E-state index contributed by atoms with van der Waals surface area (Å²) in [7, 11) is 1.50. The lowest BCUT2D eigenvalue weighted by molar-refractivity contribution is -0.543. The SMILES string of the molecule is COc1ccc([C@@H](C[N+](=O)[O-])[C@H](C)[N+](=O)[O-])cc1. The Morgan fingerprint density at radius 3 is 2.17 bits per heavy atom. The fraction of sp³-hybridized carbons (Fsp3) is 0.455. The first-order valence-corrected chi connectivity index (χ1v) is 5.35. The van der Waals surface area contributed by atoms with E-state index in [9.17, 15) is 20.2 Å². The molecule has 0 aliphatic heterocycles. The third-order valence-corrected chi connectivity index (χ3v) is 2.80. The van der Waals surface area contributed by atoms with Crippen LogP contribution in [-0.4, -0.2) is 29.5 Å². The maximum absolute atomic E-state index is 10.8. The predicted molar refractivity (Wildman–Crippen MR) is 64.1 cm³/mol. The van der Waals surface area contributed by atoms with Gasteiger partial charge in [-0.15, -0.1) is 0 Å². The molecule has 2 atom stereocenters. The average molecular weight is 254 g/mol. The second kappa shape index (κ2) is 5.95. The van der Waals surface area contributed by atoms with E-state index in [0.29, 0.717) is 11.3 Å². The molecule has 0 saturated heterocycles. The van der Waals surface area contributed by atoms with Crippen LogP contribution >= 0.6 is 0 Å². The van der Waals surface area contributed by atoms with Crippen LogP contribution in [0.3, 0.4) is 0 Å². The number of methoxy groups -OCH3 is 1. The Morgan fingerprint density at radius 1 is 1.22 bits per heavy atom. The Hall–Kier alpha value is -2.18. The molecule has 1 aromatic carbocycles. The van der Waals surface area contributed by atoms with Gasteiger partial charge in [-0.2, -0.15) is 0 Å². The number of ether oxygens (including phenoxy) is 1. The Kier molecular flexibility index (Phi) is 4.59. The second-order valence-electron chi connectivity index (χ2n) is 3.92. The van der Waals surface area contributed by atoms with Gasteiger partial charge in [-0.25, -0.2) is 0 Å². The van der Waals surface area contributed by atoms with E-state index in [-0.39, 0.29) is 0 Å². The van der Waals surface area contributed by atoms with Crippen LogP contribution in [0.15, 0.2) is 24.3 Å². The summed E-state index contributed by atoms with van der Waals surface area (Å²) in [5.74, 6) is -0.145. The van der Waals surface area contributed by atoms with Crippen molar-refractivity contribution in [3.63, 3.8) is 0 Å². The maximum Gasteiger partial charge on any atom is 0.223 e. The zero-order valence-corrected chi connectivity index (χ0v) is 10.1. The van der Waals surface area contributed by atoms with Crippen LogP contribution in [0.2, 0.25) is 0 Å². The molecule has 0 radical (unpaired) electrons. The second-order valence-corrected chi connectivity index (χ2v) is 3.92. The van der Waals surface area contributed by atoms with E-state index in [1.54, 1.807) is 24.3 Å². The highest BCUT2D eigenvalue weighted by molar-refractivity contribution is 5.29. The van der Waals surface area contributed by atoms with Crippen molar-refractivity contribution in [3.05, 3.63) is 50.1 Å². The van der Waals surface area contributed by atoms with Gasteiger partial charge in [0.2, 0.25) is 12.6 Å². The van der Waals surface area contributed by atoms with Crippen LogP contribution in [-0.2, 0) is 0 Å².